The predicted octanol–water partition coefficient (Wildman–Crippen LogP) is 1.38. The fraction of sp³-hybridized carbons (Fsp3) is 0.500. The van der Waals surface area contributed by atoms with Crippen molar-refractivity contribution < 1.29 is 5.11 Å². The molecule has 0 bridgehead atoms. The maximum Gasteiger partial charge on any atom is 0.0558 e. The molecule has 0 aliphatic heterocycles. The van der Waals surface area contributed by atoms with Crippen LogP contribution < -0.4 is 0 Å². The molecule has 0 aliphatic rings. The van der Waals surface area contributed by atoms with Gasteiger partial charge in [0.05, 0.1) is 6.61 Å². The van der Waals surface area contributed by atoms with Crippen LogP contribution in [-0.4, -0.2) is 36.2 Å². The largest absolute Gasteiger partial charge is 0.395 e. The second-order valence-electron chi connectivity index (χ2n) is 2.26. The molecule has 0 atom stereocenters. The van der Waals surface area contributed by atoms with Crippen molar-refractivity contribution in [1.82, 2.24) is 4.90 Å². The highest BCUT2D eigenvalue weighted by molar-refractivity contribution is 9.11. The molecule has 0 heterocycles. The summed E-state index contributed by atoms with van der Waals surface area (Å²) < 4.78 is 0.924. The Morgan fingerprint density at radius 1 is 1.64 bits per heavy atom. The molecule has 2 nitrogen and oxygen atoms in total. The van der Waals surface area contributed by atoms with Crippen molar-refractivity contribution in [3.63, 3.8) is 0 Å². The molecular weight excluding hydrogens is 206 g/mol. The Hall–Kier alpha value is -0.120. The zero-order valence-corrected chi connectivity index (χ0v) is 8.18. The topological polar surface area (TPSA) is 23.5 Å². The predicted molar refractivity (Wildman–Crippen MR) is 51.8 cm³/mol. The normalized spacial score (nSPS) is 10.1. The third-order valence-electron chi connectivity index (χ3n) is 1.20. The SMILES string of the molecule is C=CCN(CCO)CC(=C)Br. The highest BCUT2D eigenvalue weighted by Crippen LogP contribution is 2.03. The minimum Gasteiger partial charge on any atom is -0.395 e. The molecule has 0 unspecified atom stereocenters. The van der Waals surface area contributed by atoms with Crippen molar-refractivity contribution in [1.29, 1.82) is 0 Å². The first-order valence-corrected chi connectivity index (χ1v) is 4.27. The zero-order chi connectivity index (χ0) is 8.69. The van der Waals surface area contributed by atoms with E-state index in [4.69, 9.17) is 5.11 Å². The molecule has 11 heavy (non-hydrogen) atoms. The molecule has 0 radical (unpaired) electrons. The second kappa shape index (κ2) is 6.58. The van der Waals surface area contributed by atoms with E-state index in [0.29, 0.717) is 6.54 Å². The summed E-state index contributed by atoms with van der Waals surface area (Å²) >= 11 is 3.26. The average Bonchev–Trinajstić information content (AvgIpc) is 1.87. The minimum atomic E-state index is 0.175. The smallest absolute Gasteiger partial charge is 0.0558 e. The first-order valence-electron chi connectivity index (χ1n) is 3.48. The molecule has 0 aliphatic carbocycles. The van der Waals surface area contributed by atoms with Gasteiger partial charge in [-0.3, -0.25) is 4.90 Å². The van der Waals surface area contributed by atoms with E-state index in [2.05, 4.69) is 29.1 Å². The summed E-state index contributed by atoms with van der Waals surface area (Å²) in [7, 11) is 0. The second-order valence-corrected chi connectivity index (χ2v) is 3.39. The van der Waals surface area contributed by atoms with Crippen molar-refractivity contribution in [3.05, 3.63) is 23.7 Å². The van der Waals surface area contributed by atoms with E-state index >= 15 is 0 Å². The maximum absolute atomic E-state index is 8.66. The van der Waals surface area contributed by atoms with Gasteiger partial charge in [0.1, 0.15) is 0 Å². The molecule has 3 heteroatoms. The Morgan fingerprint density at radius 3 is 2.64 bits per heavy atom. The number of rotatable bonds is 6. The Bertz CT molecular complexity index is 136. The van der Waals surface area contributed by atoms with E-state index in [1.165, 1.54) is 0 Å². The monoisotopic (exact) mass is 219 g/mol. The lowest BCUT2D eigenvalue weighted by molar-refractivity contribution is 0.220. The van der Waals surface area contributed by atoms with Crippen LogP contribution in [0.5, 0.6) is 0 Å². The van der Waals surface area contributed by atoms with Gasteiger partial charge >= 0.3 is 0 Å². The summed E-state index contributed by atoms with van der Waals surface area (Å²) in [5, 5.41) is 8.66. The Morgan fingerprint density at radius 2 is 2.27 bits per heavy atom. The first-order chi connectivity index (χ1) is 5.20. The van der Waals surface area contributed by atoms with Gasteiger partial charge in [-0.05, 0) is 0 Å². The number of hydrogen-bond acceptors (Lipinski definition) is 2. The summed E-state index contributed by atoms with van der Waals surface area (Å²) in [6, 6.07) is 0. The van der Waals surface area contributed by atoms with Gasteiger partial charge < -0.3 is 5.11 Å². The molecule has 0 aromatic rings. The van der Waals surface area contributed by atoms with E-state index in [-0.39, 0.29) is 6.61 Å². The van der Waals surface area contributed by atoms with Crippen LogP contribution in [0.15, 0.2) is 23.7 Å². The Balaban J connectivity index is 3.67. The molecule has 0 amide bonds. The maximum atomic E-state index is 8.66. The molecule has 0 fully saturated rings. The van der Waals surface area contributed by atoms with E-state index in [0.717, 1.165) is 17.6 Å². The van der Waals surface area contributed by atoms with Crippen LogP contribution in [0.3, 0.4) is 0 Å². The highest BCUT2D eigenvalue weighted by Gasteiger charge is 2.01. The number of aliphatic hydroxyl groups is 1. The quantitative estimate of drug-likeness (QED) is 0.683. The first kappa shape index (κ1) is 10.9. The fourth-order valence-electron chi connectivity index (χ4n) is 0.802. The third kappa shape index (κ3) is 6.28. The van der Waals surface area contributed by atoms with Crippen LogP contribution in [0.25, 0.3) is 0 Å². The number of aliphatic hydroxyl groups excluding tert-OH is 1. The number of nitrogens with zero attached hydrogens (tertiary/aromatic N) is 1. The third-order valence-corrected chi connectivity index (χ3v) is 1.45. The van der Waals surface area contributed by atoms with Crippen molar-refractivity contribution in [2.45, 2.75) is 0 Å². The number of hydrogen-bond donors (Lipinski definition) is 1. The minimum absolute atomic E-state index is 0.175. The van der Waals surface area contributed by atoms with Gasteiger partial charge in [-0.2, -0.15) is 0 Å². The molecule has 0 aromatic heterocycles. The van der Waals surface area contributed by atoms with Gasteiger partial charge in [0.25, 0.3) is 0 Å². The fourth-order valence-corrected chi connectivity index (χ4v) is 1.16. The zero-order valence-electron chi connectivity index (χ0n) is 6.59. The highest BCUT2D eigenvalue weighted by atomic mass is 79.9. The summed E-state index contributed by atoms with van der Waals surface area (Å²) in [5.74, 6) is 0. The van der Waals surface area contributed by atoms with E-state index in [9.17, 15) is 0 Å². The molecule has 0 aromatic carbocycles. The van der Waals surface area contributed by atoms with Crippen LogP contribution in [0.1, 0.15) is 0 Å². The molecule has 0 rings (SSSR count). The standard InChI is InChI=1S/C8H14BrNO/c1-3-4-10(5-6-11)7-8(2)9/h3,11H,1-2,4-7H2. The van der Waals surface area contributed by atoms with Gasteiger partial charge in [0.15, 0.2) is 0 Å². The lowest BCUT2D eigenvalue weighted by atomic mass is 10.4. The van der Waals surface area contributed by atoms with Gasteiger partial charge in [-0.1, -0.05) is 28.6 Å². The lowest BCUT2D eigenvalue weighted by Gasteiger charge is -2.18. The van der Waals surface area contributed by atoms with Crippen LogP contribution in [0.2, 0.25) is 0 Å². The Labute approximate surface area is 76.3 Å². The van der Waals surface area contributed by atoms with Crippen LogP contribution >= 0.6 is 15.9 Å². The van der Waals surface area contributed by atoms with Crippen molar-refractivity contribution >= 4 is 15.9 Å². The van der Waals surface area contributed by atoms with Gasteiger partial charge in [-0.15, -0.1) is 6.58 Å². The Kier molecular flexibility index (Phi) is 6.51. The van der Waals surface area contributed by atoms with E-state index in [1.807, 2.05) is 11.0 Å². The van der Waals surface area contributed by atoms with Crippen LogP contribution in [-0.2, 0) is 0 Å². The summed E-state index contributed by atoms with van der Waals surface area (Å²) in [6.07, 6.45) is 1.81. The van der Waals surface area contributed by atoms with Crippen LogP contribution in [0, 0.1) is 0 Å². The average molecular weight is 220 g/mol. The molecule has 0 spiro atoms. The summed E-state index contributed by atoms with van der Waals surface area (Å²) in [4.78, 5) is 2.05. The van der Waals surface area contributed by atoms with Gasteiger partial charge in [-0.25, -0.2) is 0 Å². The van der Waals surface area contributed by atoms with Gasteiger partial charge in [0, 0.05) is 24.1 Å². The lowest BCUT2D eigenvalue weighted by Crippen LogP contribution is -2.28. The summed E-state index contributed by atoms with van der Waals surface area (Å²) in [6.45, 7) is 9.72. The van der Waals surface area contributed by atoms with Crippen molar-refractivity contribution in [2.75, 3.05) is 26.2 Å². The molecular formula is C8H14BrNO. The molecule has 64 valence electrons. The van der Waals surface area contributed by atoms with Crippen LogP contribution in [0.4, 0.5) is 0 Å². The van der Waals surface area contributed by atoms with E-state index < -0.39 is 0 Å². The molecule has 0 saturated carbocycles. The van der Waals surface area contributed by atoms with Crippen molar-refractivity contribution in [2.24, 2.45) is 0 Å². The van der Waals surface area contributed by atoms with E-state index in [1.54, 1.807) is 0 Å². The molecule has 0 saturated heterocycles. The van der Waals surface area contributed by atoms with Crippen molar-refractivity contribution in [3.8, 4) is 0 Å². The van der Waals surface area contributed by atoms with Gasteiger partial charge in [0.2, 0.25) is 0 Å². The number of halogens is 1. The molecule has 1 N–H and O–H groups in total. The summed E-state index contributed by atoms with van der Waals surface area (Å²) in [5.41, 5.74) is 0.